The molecule has 0 radical (unpaired) electrons. The summed E-state index contributed by atoms with van der Waals surface area (Å²) in [5.41, 5.74) is 1.24. The summed E-state index contributed by atoms with van der Waals surface area (Å²) in [4.78, 5) is 21.7. The number of hydrogen-bond acceptors (Lipinski definition) is 5. The van der Waals surface area contributed by atoms with Gasteiger partial charge in [0, 0.05) is 26.7 Å². The summed E-state index contributed by atoms with van der Waals surface area (Å²) in [7, 11) is -1.25. The molecule has 0 spiro atoms. The maximum atomic E-state index is 14.3. The molecule has 0 aliphatic carbocycles. The molecule has 1 aromatic carbocycles. The third-order valence-electron chi connectivity index (χ3n) is 5.20. The van der Waals surface area contributed by atoms with Crippen LogP contribution in [-0.2, 0) is 11.5 Å². The molecule has 0 bridgehead atoms. The highest BCUT2D eigenvalue weighted by Gasteiger charge is 2.30. The Kier molecular flexibility index (Phi) is 5.69. The molecule has 0 unspecified atom stereocenters. The van der Waals surface area contributed by atoms with Crippen molar-refractivity contribution in [2.45, 2.75) is 44.9 Å². The van der Waals surface area contributed by atoms with Crippen LogP contribution in [0.2, 0.25) is 31.0 Å². The maximum absolute atomic E-state index is 14.3. The summed E-state index contributed by atoms with van der Waals surface area (Å²) in [6.45, 7) is 7.78. The largest absolute Gasteiger partial charge is 0.490 e. The summed E-state index contributed by atoms with van der Waals surface area (Å²) in [6.07, 6.45) is 2.03. The molecule has 0 N–H and O–H groups in total. The van der Waals surface area contributed by atoms with E-state index in [9.17, 15) is 9.18 Å². The molecule has 4 rings (SSSR count). The zero-order valence-electron chi connectivity index (χ0n) is 17.2. The van der Waals surface area contributed by atoms with Crippen molar-refractivity contribution in [3.63, 3.8) is 0 Å². The van der Waals surface area contributed by atoms with Gasteiger partial charge in [-0.05, 0) is 23.7 Å². The molecule has 160 valence electrons. The van der Waals surface area contributed by atoms with Crippen LogP contribution in [0.5, 0.6) is 5.75 Å². The highest BCUT2D eigenvalue weighted by Crippen LogP contribution is 2.37. The number of fused-ring (bicyclic) bond motifs is 2. The molecule has 7 nitrogen and oxygen atoms in total. The Morgan fingerprint density at radius 2 is 2.17 bits per heavy atom. The number of benzene rings is 1. The van der Waals surface area contributed by atoms with Gasteiger partial charge in [0.1, 0.15) is 12.2 Å². The molecule has 30 heavy (non-hydrogen) atoms. The van der Waals surface area contributed by atoms with E-state index in [1.165, 1.54) is 16.8 Å². The molecule has 3 aromatic rings. The lowest BCUT2D eigenvalue weighted by Crippen LogP contribution is -2.32. The average Bonchev–Trinajstić information content (AvgIpc) is 2.95. The molecular formula is C20H24ClFN4O3Si. The zero-order valence-corrected chi connectivity index (χ0v) is 18.9. The van der Waals surface area contributed by atoms with E-state index in [1.807, 2.05) is 0 Å². The first-order valence-electron chi connectivity index (χ1n) is 9.88. The number of aromatic nitrogens is 4. The number of ether oxygens (including phenoxy) is 2. The van der Waals surface area contributed by atoms with Crippen molar-refractivity contribution >= 4 is 30.8 Å². The Balaban J connectivity index is 1.77. The van der Waals surface area contributed by atoms with Crippen LogP contribution >= 0.6 is 11.6 Å². The van der Waals surface area contributed by atoms with Crippen LogP contribution < -0.4 is 10.4 Å². The van der Waals surface area contributed by atoms with E-state index in [2.05, 4.69) is 29.6 Å². The molecule has 0 saturated heterocycles. The number of para-hydroxylation sites is 1. The predicted octanol–water partition coefficient (Wildman–Crippen LogP) is 4.07. The van der Waals surface area contributed by atoms with Gasteiger partial charge in [-0.15, -0.1) is 0 Å². The van der Waals surface area contributed by atoms with Crippen LogP contribution in [-0.4, -0.2) is 40.4 Å². The van der Waals surface area contributed by atoms with Gasteiger partial charge in [0.05, 0.1) is 18.8 Å². The first-order valence-corrected chi connectivity index (χ1v) is 14.0. The third-order valence-corrected chi connectivity index (χ3v) is 7.09. The SMILES string of the molecule is C[Si](C)(C)CCOCn1c(=O)n([C@@H]2CCOc3c(F)cccc32)c2nc(Cl)ncc21. The van der Waals surface area contributed by atoms with Gasteiger partial charge in [-0.2, -0.15) is 4.98 Å². The molecule has 0 fully saturated rings. The van der Waals surface area contributed by atoms with Gasteiger partial charge in [-0.25, -0.2) is 14.2 Å². The van der Waals surface area contributed by atoms with Gasteiger partial charge in [0.15, 0.2) is 17.2 Å². The first-order chi connectivity index (χ1) is 14.3. The first kappa shape index (κ1) is 21.0. The Labute approximate surface area is 179 Å². The standard InChI is InChI=1S/C20H24ClFN4O3Si/c1-30(2,3)10-9-28-12-25-16-11-23-19(21)24-18(16)26(20(25)27)15-7-8-29-17-13(15)5-4-6-14(17)22/h4-6,11,15H,7-10,12H2,1-3H3/t15-/m1/s1. The van der Waals surface area contributed by atoms with Gasteiger partial charge < -0.3 is 9.47 Å². The number of rotatable bonds is 6. The fourth-order valence-electron chi connectivity index (χ4n) is 3.61. The summed E-state index contributed by atoms with van der Waals surface area (Å²) < 4.78 is 28.7. The molecule has 0 amide bonds. The summed E-state index contributed by atoms with van der Waals surface area (Å²) in [6, 6.07) is 5.30. The number of halogens is 2. The quantitative estimate of drug-likeness (QED) is 0.321. The smallest absolute Gasteiger partial charge is 0.332 e. The van der Waals surface area contributed by atoms with E-state index in [0.717, 1.165) is 6.04 Å². The third kappa shape index (κ3) is 4.01. The van der Waals surface area contributed by atoms with Crippen LogP contribution in [0, 0.1) is 5.82 Å². The lowest BCUT2D eigenvalue weighted by Gasteiger charge is -2.26. The van der Waals surface area contributed by atoms with Crippen molar-refractivity contribution in [3.05, 3.63) is 51.5 Å². The highest BCUT2D eigenvalue weighted by atomic mass is 35.5. The molecule has 1 atom stereocenters. The van der Waals surface area contributed by atoms with E-state index >= 15 is 0 Å². The molecule has 3 heterocycles. The minimum absolute atomic E-state index is 0.0413. The fourth-order valence-corrected chi connectivity index (χ4v) is 4.50. The second kappa shape index (κ2) is 8.13. The monoisotopic (exact) mass is 450 g/mol. The van der Waals surface area contributed by atoms with E-state index in [-0.39, 0.29) is 23.5 Å². The van der Waals surface area contributed by atoms with Crippen LogP contribution in [0.25, 0.3) is 11.2 Å². The van der Waals surface area contributed by atoms with Crippen LogP contribution in [0.1, 0.15) is 18.0 Å². The van der Waals surface area contributed by atoms with Gasteiger partial charge in [-0.3, -0.25) is 9.13 Å². The zero-order chi connectivity index (χ0) is 21.5. The van der Waals surface area contributed by atoms with Gasteiger partial charge in [-0.1, -0.05) is 31.8 Å². The van der Waals surface area contributed by atoms with E-state index in [1.54, 1.807) is 16.7 Å². The molecule has 0 saturated carbocycles. The number of hydrogen-bond donors (Lipinski definition) is 0. The molecule has 10 heteroatoms. The second-order valence-electron chi connectivity index (χ2n) is 8.59. The predicted molar refractivity (Wildman–Crippen MR) is 116 cm³/mol. The molecule has 1 aliphatic heterocycles. The lowest BCUT2D eigenvalue weighted by atomic mass is 10.00. The van der Waals surface area contributed by atoms with Crippen LogP contribution in [0.15, 0.2) is 29.2 Å². The Hall–Kier alpha value is -2.23. The maximum Gasteiger partial charge on any atom is 0.332 e. The summed E-state index contributed by atoms with van der Waals surface area (Å²) in [5.74, 6) is -0.274. The van der Waals surface area contributed by atoms with Crippen molar-refractivity contribution in [1.29, 1.82) is 0 Å². The highest BCUT2D eigenvalue weighted by molar-refractivity contribution is 6.76. The van der Waals surface area contributed by atoms with Crippen molar-refractivity contribution in [1.82, 2.24) is 19.1 Å². The van der Waals surface area contributed by atoms with Crippen molar-refractivity contribution in [2.24, 2.45) is 0 Å². The summed E-state index contributed by atoms with van der Waals surface area (Å²) in [5, 5.41) is 0.0413. The fraction of sp³-hybridized carbons (Fsp3) is 0.450. The van der Waals surface area contributed by atoms with Crippen molar-refractivity contribution in [3.8, 4) is 5.75 Å². The second-order valence-corrected chi connectivity index (χ2v) is 14.5. The lowest BCUT2D eigenvalue weighted by molar-refractivity contribution is 0.0868. The Morgan fingerprint density at radius 1 is 1.37 bits per heavy atom. The topological polar surface area (TPSA) is 71.2 Å². The van der Waals surface area contributed by atoms with Crippen molar-refractivity contribution < 1.29 is 13.9 Å². The minimum Gasteiger partial charge on any atom is -0.490 e. The Bertz CT molecular complexity index is 1140. The normalized spacial score (nSPS) is 16.5. The van der Waals surface area contributed by atoms with E-state index in [4.69, 9.17) is 21.1 Å². The minimum atomic E-state index is -1.25. The van der Waals surface area contributed by atoms with Gasteiger partial charge >= 0.3 is 5.69 Å². The summed E-state index contributed by atoms with van der Waals surface area (Å²) >= 11 is 6.04. The van der Waals surface area contributed by atoms with Crippen LogP contribution in [0.3, 0.4) is 0 Å². The molecule has 2 aromatic heterocycles. The number of imidazole rings is 1. The van der Waals surface area contributed by atoms with Gasteiger partial charge in [0.2, 0.25) is 5.28 Å². The molecular weight excluding hydrogens is 427 g/mol. The Morgan fingerprint density at radius 3 is 2.93 bits per heavy atom. The van der Waals surface area contributed by atoms with E-state index < -0.39 is 19.9 Å². The van der Waals surface area contributed by atoms with Gasteiger partial charge in [0.25, 0.3) is 0 Å². The average molecular weight is 451 g/mol. The number of nitrogens with zero attached hydrogens (tertiary/aromatic N) is 4. The van der Waals surface area contributed by atoms with E-state index in [0.29, 0.717) is 36.4 Å². The molecule has 1 aliphatic rings. The van der Waals surface area contributed by atoms with Crippen LogP contribution in [0.4, 0.5) is 4.39 Å². The van der Waals surface area contributed by atoms with Crippen molar-refractivity contribution in [2.75, 3.05) is 13.2 Å².